The highest BCUT2D eigenvalue weighted by Gasteiger charge is 2.15. The molecule has 2 aromatic rings. The van der Waals surface area contributed by atoms with Gasteiger partial charge in [0.05, 0.1) is 11.9 Å². The average molecular weight is 289 g/mol. The van der Waals surface area contributed by atoms with Gasteiger partial charge in [0.2, 0.25) is 0 Å². The van der Waals surface area contributed by atoms with Crippen molar-refractivity contribution in [3.63, 3.8) is 0 Å². The Hall–Kier alpha value is -2.14. The van der Waals surface area contributed by atoms with Gasteiger partial charge in [0.1, 0.15) is 10.7 Å². The van der Waals surface area contributed by atoms with Crippen LogP contribution in [0.4, 0.5) is 5.69 Å². The average Bonchev–Trinajstić information content (AvgIpc) is 2.49. The summed E-state index contributed by atoms with van der Waals surface area (Å²) in [6, 6.07) is 8.21. The van der Waals surface area contributed by atoms with E-state index >= 15 is 0 Å². The minimum Gasteiger partial charge on any atom is -0.275 e. The van der Waals surface area contributed by atoms with Crippen LogP contribution in [0.1, 0.15) is 24.0 Å². The summed E-state index contributed by atoms with van der Waals surface area (Å²) in [7, 11) is 0. The smallest absolute Gasteiger partial charge is 0.275 e. The van der Waals surface area contributed by atoms with Gasteiger partial charge in [-0.15, -0.1) is 0 Å². The van der Waals surface area contributed by atoms with Crippen LogP contribution in [-0.2, 0) is 6.42 Å². The fourth-order valence-corrected chi connectivity index (χ4v) is 2.44. The molecule has 0 bridgehead atoms. The fraction of sp³-hybridized carbons (Fsp3) is 0.214. The van der Waals surface area contributed by atoms with Crippen molar-refractivity contribution in [3.05, 3.63) is 57.0 Å². The van der Waals surface area contributed by atoms with Crippen molar-refractivity contribution in [1.29, 1.82) is 0 Å². The zero-order valence-electron chi connectivity index (χ0n) is 10.7. The highest BCUT2D eigenvalue weighted by atomic mass is 35.5. The van der Waals surface area contributed by atoms with Crippen molar-refractivity contribution in [1.82, 2.24) is 10.2 Å². The lowest BCUT2D eigenvalue weighted by molar-refractivity contribution is 0.837. The summed E-state index contributed by atoms with van der Waals surface area (Å²) < 4.78 is 0. The van der Waals surface area contributed by atoms with Gasteiger partial charge in [-0.3, -0.25) is 10.2 Å². The number of hydrazone groups is 1. The molecule has 0 radical (unpaired) electrons. The van der Waals surface area contributed by atoms with Crippen LogP contribution in [0.2, 0.25) is 5.02 Å². The van der Waals surface area contributed by atoms with Crippen LogP contribution in [0.15, 0.2) is 40.4 Å². The number of rotatable bonds is 2. The molecule has 0 atom stereocenters. The van der Waals surface area contributed by atoms with E-state index in [1.54, 1.807) is 0 Å². The molecule has 0 amide bonds. The second-order valence-electron chi connectivity index (χ2n) is 4.61. The van der Waals surface area contributed by atoms with Crippen LogP contribution in [0.5, 0.6) is 0 Å². The first kappa shape index (κ1) is 12.9. The Kier molecular flexibility index (Phi) is 3.52. The summed E-state index contributed by atoms with van der Waals surface area (Å²) in [6.07, 6.45) is 4.49. The zero-order valence-corrected chi connectivity index (χ0v) is 11.4. The van der Waals surface area contributed by atoms with Gasteiger partial charge in [-0.2, -0.15) is 10.2 Å². The molecule has 5 nitrogen and oxygen atoms in total. The molecule has 0 aliphatic heterocycles. The minimum absolute atomic E-state index is 0.0634. The maximum Gasteiger partial charge on any atom is 0.285 e. The molecule has 6 heteroatoms. The van der Waals surface area contributed by atoms with Gasteiger partial charge < -0.3 is 0 Å². The number of H-pyrrole nitrogens is 1. The number of aromatic nitrogens is 2. The molecule has 1 aromatic heterocycles. The Morgan fingerprint density at radius 1 is 1.30 bits per heavy atom. The third-order valence-electron chi connectivity index (χ3n) is 3.29. The lowest BCUT2D eigenvalue weighted by Crippen LogP contribution is -2.14. The van der Waals surface area contributed by atoms with Gasteiger partial charge >= 0.3 is 0 Å². The molecule has 0 unspecified atom stereocenters. The largest absolute Gasteiger partial charge is 0.285 e. The van der Waals surface area contributed by atoms with E-state index in [1.807, 2.05) is 12.1 Å². The molecule has 1 aliphatic carbocycles. The van der Waals surface area contributed by atoms with E-state index < -0.39 is 5.56 Å². The van der Waals surface area contributed by atoms with Gasteiger partial charge in [0, 0.05) is 5.56 Å². The van der Waals surface area contributed by atoms with Crippen LogP contribution in [0.3, 0.4) is 0 Å². The van der Waals surface area contributed by atoms with Crippen LogP contribution in [0.25, 0.3) is 0 Å². The van der Waals surface area contributed by atoms with E-state index in [2.05, 4.69) is 32.9 Å². The van der Waals surface area contributed by atoms with E-state index in [0.717, 1.165) is 30.5 Å². The highest BCUT2D eigenvalue weighted by Crippen LogP contribution is 2.22. The third-order valence-corrected chi connectivity index (χ3v) is 3.67. The van der Waals surface area contributed by atoms with E-state index in [1.165, 1.54) is 11.8 Å². The monoisotopic (exact) mass is 288 g/mol. The van der Waals surface area contributed by atoms with E-state index in [0.29, 0.717) is 5.69 Å². The number of anilines is 1. The van der Waals surface area contributed by atoms with Gasteiger partial charge in [-0.25, -0.2) is 5.10 Å². The van der Waals surface area contributed by atoms with Crippen LogP contribution < -0.4 is 11.0 Å². The number of hydrogen-bond donors (Lipinski definition) is 2. The van der Waals surface area contributed by atoms with Crippen LogP contribution in [0, 0.1) is 0 Å². The first-order valence-corrected chi connectivity index (χ1v) is 6.77. The Morgan fingerprint density at radius 3 is 3.05 bits per heavy atom. The maximum absolute atomic E-state index is 11.4. The number of aryl methyl sites for hydroxylation is 1. The lowest BCUT2D eigenvalue weighted by atomic mass is 9.90. The third kappa shape index (κ3) is 2.44. The standard InChI is InChI=1S/C14H13ClN4O/c15-13-12(8-16-19-14(13)20)18-17-11-7-3-5-9-4-1-2-6-10(9)11/h1-2,4,6,8H,3,5,7H2,(H2,18,19,20)/b17-11-. The second-order valence-corrected chi connectivity index (χ2v) is 4.99. The summed E-state index contributed by atoms with van der Waals surface area (Å²) in [6.45, 7) is 0. The Morgan fingerprint density at radius 2 is 2.15 bits per heavy atom. The number of nitrogens with one attached hydrogen (secondary N) is 2. The number of fused-ring (bicyclic) bond motifs is 1. The molecule has 1 heterocycles. The number of hydrogen-bond acceptors (Lipinski definition) is 4. The summed E-state index contributed by atoms with van der Waals surface area (Å²) in [5, 5.41) is 10.4. The van der Waals surface area contributed by atoms with Crippen molar-refractivity contribution in [2.45, 2.75) is 19.3 Å². The molecule has 102 valence electrons. The van der Waals surface area contributed by atoms with Crippen molar-refractivity contribution in [2.75, 3.05) is 5.43 Å². The molecule has 0 fully saturated rings. The molecule has 20 heavy (non-hydrogen) atoms. The van der Waals surface area contributed by atoms with Crippen molar-refractivity contribution < 1.29 is 0 Å². The first-order chi connectivity index (χ1) is 9.75. The summed E-state index contributed by atoms with van der Waals surface area (Å²) in [5.74, 6) is 0. The first-order valence-electron chi connectivity index (χ1n) is 6.40. The van der Waals surface area contributed by atoms with Crippen LogP contribution in [-0.4, -0.2) is 15.9 Å². The molecule has 1 aromatic carbocycles. The predicted octanol–water partition coefficient (Wildman–Crippen LogP) is 2.58. The summed E-state index contributed by atoms with van der Waals surface area (Å²) in [4.78, 5) is 11.4. The number of nitrogens with zero attached hydrogens (tertiary/aromatic N) is 2. The molecule has 0 saturated heterocycles. The Bertz CT molecular complexity index is 723. The van der Waals surface area contributed by atoms with Crippen molar-refractivity contribution >= 4 is 23.0 Å². The molecule has 0 spiro atoms. The molecular formula is C14H13ClN4O. The molecule has 3 rings (SSSR count). The van der Waals surface area contributed by atoms with E-state index in [-0.39, 0.29) is 5.02 Å². The zero-order chi connectivity index (χ0) is 13.9. The topological polar surface area (TPSA) is 70.1 Å². The number of benzene rings is 1. The number of aromatic amines is 1. The van der Waals surface area contributed by atoms with Gasteiger partial charge in [-0.05, 0) is 24.8 Å². The Balaban J connectivity index is 1.91. The van der Waals surface area contributed by atoms with Crippen molar-refractivity contribution in [3.8, 4) is 0 Å². The quantitative estimate of drug-likeness (QED) is 0.835. The van der Waals surface area contributed by atoms with Gasteiger partial charge in [0.15, 0.2) is 0 Å². The lowest BCUT2D eigenvalue weighted by Gasteiger charge is -2.17. The van der Waals surface area contributed by atoms with Gasteiger partial charge in [-0.1, -0.05) is 35.9 Å². The normalized spacial score (nSPS) is 15.9. The fourth-order valence-electron chi connectivity index (χ4n) is 2.31. The van der Waals surface area contributed by atoms with Gasteiger partial charge in [0.25, 0.3) is 5.56 Å². The molecule has 2 N–H and O–H groups in total. The summed E-state index contributed by atoms with van der Waals surface area (Å²) >= 11 is 5.90. The summed E-state index contributed by atoms with van der Waals surface area (Å²) in [5.41, 5.74) is 6.25. The second kappa shape index (κ2) is 5.46. The van der Waals surface area contributed by atoms with Crippen LogP contribution >= 0.6 is 11.6 Å². The highest BCUT2D eigenvalue weighted by molar-refractivity contribution is 6.32. The molecule has 1 aliphatic rings. The Labute approximate surface area is 120 Å². The molecule has 0 saturated carbocycles. The van der Waals surface area contributed by atoms with E-state index in [9.17, 15) is 4.79 Å². The predicted molar refractivity (Wildman–Crippen MR) is 79.4 cm³/mol. The molecular weight excluding hydrogens is 276 g/mol. The maximum atomic E-state index is 11.4. The van der Waals surface area contributed by atoms with Crippen molar-refractivity contribution in [2.24, 2.45) is 5.10 Å². The van der Waals surface area contributed by atoms with E-state index in [4.69, 9.17) is 11.6 Å². The minimum atomic E-state index is -0.430. The SMILES string of the molecule is O=c1[nH]ncc(N/N=C2/CCCc3ccccc32)c1Cl. The number of halogens is 1.